The second-order valence-electron chi connectivity index (χ2n) is 6.57. The number of nitrogens with zero attached hydrogens (tertiary/aromatic N) is 1. The molecule has 0 bridgehead atoms. The molecule has 1 aliphatic rings. The van der Waals surface area contributed by atoms with Crippen LogP contribution in [-0.2, 0) is 20.0 Å². The smallest absolute Gasteiger partial charge is 0.208 e. The monoisotopic (exact) mass is 412 g/mol. The molecule has 0 radical (unpaired) electrons. The molecule has 1 fully saturated rings. The number of rotatable bonds is 5. The number of aryl methyl sites for hydroxylation is 1. The highest BCUT2D eigenvalue weighted by molar-refractivity contribution is 7.89. The largest absolute Gasteiger partial charge is 0.243 e. The van der Waals surface area contributed by atoms with Crippen LogP contribution in [0.2, 0.25) is 0 Å². The first-order valence-corrected chi connectivity index (χ1v) is 11.5. The molecule has 2 aromatic carbocycles. The van der Waals surface area contributed by atoms with Crippen LogP contribution in [0.1, 0.15) is 18.4 Å². The molecule has 27 heavy (non-hydrogen) atoms. The van der Waals surface area contributed by atoms with Crippen molar-refractivity contribution in [3.05, 3.63) is 59.9 Å². The lowest BCUT2D eigenvalue weighted by molar-refractivity contribution is 0.308. The Morgan fingerprint density at radius 1 is 0.963 bits per heavy atom. The number of halogens is 1. The summed E-state index contributed by atoms with van der Waals surface area (Å²) in [6, 6.07) is 11.0. The van der Waals surface area contributed by atoms with E-state index in [9.17, 15) is 21.2 Å². The van der Waals surface area contributed by atoms with Gasteiger partial charge >= 0.3 is 0 Å². The second-order valence-corrected chi connectivity index (χ2v) is 10.2. The summed E-state index contributed by atoms with van der Waals surface area (Å²) in [5.41, 5.74) is 0.972. The molecule has 1 N–H and O–H groups in total. The molecule has 1 aliphatic heterocycles. The minimum Gasteiger partial charge on any atom is -0.208 e. The van der Waals surface area contributed by atoms with Crippen LogP contribution in [0.3, 0.4) is 0 Å². The normalized spacial score (nSPS) is 17.1. The molecule has 2 aromatic rings. The van der Waals surface area contributed by atoms with Crippen molar-refractivity contribution < 1.29 is 21.2 Å². The van der Waals surface area contributed by atoms with Crippen molar-refractivity contribution in [3.63, 3.8) is 0 Å². The molecule has 0 aromatic heterocycles. The minimum absolute atomic E-state index is 0.141. The van der Waals surface area contributed by atoms with Crippen molar-refractivity contribution >= 4 is 20.0 Å². The number of piperidine rings is 1. The van der Waals surface area contributed by atoms with Gasteiger partial charge in [0.1, 0.15) is 5.82 Å². The van der Waals surface area contributed by atoms with Gasteiger partial charge in [0.25, 0.3) is 0 Å². The fraction of sp³-hybridized carbons (Fsp3) is 0.333. The Morgan fingerprint density at radius 2 is 1.59 bits per heavy atom. The lowest BCUT2D eigenvalue weighted by Gasteiger charge is -2.31. The van der Waals surface area contributed by atoms with E-state index in [1.807, 2.05) is 6.92 Å². The molecular weight excluding hydrogens is 391 g/mol. The summed E-state index contributed by atoms with van der Waals surface area (Å²) >= 11 is 0. The average molecular weight is 413 g/mol. The zero-order chi connectivity index (χ0) is 19.7. The van der Waals surface area contributed by atoms with E-state index in [0.717, 1.165) is 11.6 Å². The predicted octanol–water partition coefficient (Wildman–Crippen LogP) is 2.27. The van der Waals surface area contributed by atoms with E-state index < -0.39 is 31.9 Å². The maximum Gasteiger partial charge on any atom is 0.243 e. The van der Waals surface area contributed by atoms with Gasteiger partial charge in [0.15, 0.2) is 0 Å². The summed E-state index contributed by atoms with van der Waals surface area (Å²) in [5.74, 6) is -0.628. The van der Waals surface area contributed by atoms with Crippen LogP contribution in [0, 0.1) is 12.7 Å². The van der Waals surface area contributed by atoms with E-state index in [4.69, 9.17) is 0 Å². The highest BCUT2D eigenvalue weighted by Crippen LogP contribution is 2.22. The summed E-state index contributed by atoms with van der Waals surface area (Å²) in [4.78, 5) is 0.0871. The summed E-state index contributed by atoms with van der Waals surface area (Å²) in [7, 11) is -7.45. The maximum absolute atomic E-state index is 13.3. The summed E-state index contributed by atoms with van der Waals surface area (Å²) < 4.78 is 67.3. The summed E-state index contributed by atoms with van der Waals surface area (Å²) in [6.45, 7) is 2.31. The van der Waals surface area contributed by atoms with Crippen molar-refractivity contribution in [1.29, 1.82) is 0 Å². The zero-order valence-corrected chi connectivity index (χ0v) is 16.4. The molecule has 9 heteroatoms. The first-order chi connectivity index (χ1) is 12.7. The molecule has 0 spiro atoms. The van der Waals surface area contributed by atoms with Crippen LogP contribution >= 0.6 is 0 Å². The Balaban J connectivity index is 1.66. The third-order valence-corrected chi connectivity index (χ3v) is 7.97. The van der Waals surface area contributed by atoms with Crippen molar-refractivity contribution in [2.45, 2.75) is 35.6 Å². The number of sulfonamides is 2. The fourth-order valence-electron chi connectivity index (χ4n) is 2.99. The lowest BCUT2D eigenvalue weighted by Crippen LogP contribution is -2.46. The van der Waals surface area contributed by atoms with Crippen LogP contribution in [0.5, 0.6) is 0 Å². The lowest BCUT2D eigenvalue weighted by atomic mass is 10.1. The molecule has 1 heterocycles. The van der Waals surface area contributed by atoms with Crippen LogP contribution in [0.15, 0.2) is 58.3 Å². The first-order valence-electron chi connectivity index (χ1n) is 8.53. The Morgan fingerprint density at radius 3 is 2.19 bits per heavy atom. The Bertz CT molecular complexity index is 1010. The van der Waals surface area contributed by atoms with E-state index in [-0.39, 0.29) is 22.9 Å². The molecular formula is C18H21FN2O4S2. The third kappa shape index (κ3) is 4.55. The predicted molar refractivity (Wildman–Crippen MR) is 99.7 cm³/mol. The average Bonchev–Trinajstić information content (AvgIpc) is 2.62. The molecule has 1 saturated heterocycles. The number of hydrogen-bond acceptors (Lipinski definition) is 4. The van der Waals surface area contributed by atoms with Gasteiger partial charge in [-0.05, 0) is 50.1 Å². The van der Waals surface area contributed by atoms with E-state index in [2.05, 4.69) is 4.72 Å². The van der Waals surface area contributed by atoms with Crippen LogP contribution in [-0.4, -0.2) is 40.3 Å². The Hall–Kier alpha value is -1.81. The van der Waals surface area contributed by atoms with Gasteiger partial charge < -0.3 is 0 Å². The maximum atomic E-state index is 13.3. The van der Waals surface area contributed by atoms with Crippen molar-refractivity contribution in [3.8, 4) is 0 Å². The van der Waals surface area contributed by atoms with Crippen molar-refractivity contribution in [1.82, 2.24) is 9.03 Å². The van der Waals surface area contributed by atoms with Gasteiger partial charge in [-0.3, -0.25) is 0 Å². The van der Waals surface area contributed by atoms with Gasteiger partial charge in [-0.1, -0.05) is 23.8 Å². The highest BCUT2D eigenvalue weighted by Gasteiger charge is 2.31. The van der Waals surface area contributed by atoms with E-state index in [0.29, 0.717) is 12.8 Å². The standard InChI is InChI=1S/C18H21FN2O4S2/c1-14-5-7-17(8-6-14)27(24,25)21-11-9-16(10-12-21)20-26(22,23)18-4-2-3-15(19)13-18/h2-8,13,16,20H,9-12H2,1H3. The van der Waals surface area contributed by atoms with Crippen molar-refractivity contribution in [2.75, 3.05) is 13.1 Å². The number of nitrogens with one attached hydrogen (secondary N) is 1. The van der Waals surface area contributed by atoms with E-state index >= 15 is 0 Å². The van der Waals surface area contributed by atoms with Crippen LogP contribution in [0.4, 0.5) is 4.39 Å². The molecule has 0 saturated carbocycles. The van der Waals surface area contributed by atoms with Gasteiger partial charge in [-0.2, -0.15) is 4.31 Å². The van der Waals surface area contributed by atoms with Gasteiger partial charge in [0.2, 0.25) is 20.0 Å². The van der Waals surface area contributed by atoms with Gasteiger partial charge in [-0.25, -0.2) is 25.9 Å². The third-order valence-electron chi connectivity index (χ3n) is 4.54. The number of benzene rings is 2. The summed E-state index contributed by atoms with van der Waals surface area (Å²) in [5, 5.41) is 0. The highest BCUT2D eigenvalue weighted by atomic mass is 32.2. The number of hydrogen-bond donors (Lipinski definition) is 1. The van der Waals surface area contributed by atoms with E-state index in [1.54, 1.807) is 24.3 Å². The zero-order valence-electron chi connectivity index (χ0n) is 14.8. The Kier molecular flexibility index (Phi) is 5.66. The van der Waals surface area contributed by atoms with Crippen molar-refractivity contribution in [2.24, 2.45) is 0 Å². The molecule has 3 rings (SSSR count). The topological polar surface area (TPSA) is 83.6 Å². The summed E-state index contributed by atoms with van der Waals surface area (Å²) in [6.07, 6.45) is 0.694. The van der Waals surface area contributed by atoms with Gasteiger partial charge in [0.05, 0.1) is 9.79 Å². The van der Waals surface area contributed by atoms with E-state index in [1.165, 1.54) is 22.5 Å². The minimum atomic E-state index is -3.85. The van der Waals surface area contributed by atoms with Crippen LogP contribution in [0.25, 0.3) is 0 Å². The molecule has 0 amide bonds. The molecule has 0 atom stereocenters. The Labute approximate surface area is 159 Å². The van der Waals surface area contributed by atoms with Crippen LogP contribution < -0.4 is 4.72 Å². The van der Waals surface area contributed by atoms with Gasteiger partial charge in [0, 0.05) is 19.1 Å². The quantitative estimate of drug-likeness (QED) is 0.817. The molecule has 0 unspecified atom stereocenters. The SMILES string of the molecule is Cc1ccc(S(=O)(=O)N2CCC(NS(=O)(=O)c3cccc(F)c3)CC2)cc1. The molecule has 6 nitrogen and oxygen atoms in total. The molecule has 146 valence electrons. The van der Waals surface area contributed by atoms with Gasteiger partial charge in [-0.15, -0.1) is 0 Å². The first kappa shape index (κ1) is 19.9. The molecule has 0 aliphatic carbocycles. The second kappa shape index (κ2) is 7.67. The fourth-order valence-corrected chi connectivity index (χ4v) is 5.80.